The van der Waals surface area contributed by atoms with Gasteiger partial charge in [0.05, 0.1) is 0 Å². The number of nitrogens with zero attached hydrogens (tertiary/aromatic N) is 3. The lowest BCUT2D eigenvalue weighted by molar-refractivity contribution is -0.286. The molecule has 0 aliphatic carbocycles. The molecule has 0 radical (unpaired) electrons. The molecule has 3 aliphatic rings. The highest BCUT2D eigenvalue weighted by Gasteiger charge is 2.44. The van der Waals surface area contributed by atoms with Crippen LogP contribution in [0, 0.1) is 5.92 Å². The van der Waals surface area contributed by atoms with Crippen LogP contribution in [0.1, 0.15) is 17.5 Å². The first-order chi connectivity index (χ1) is 12.6. The fourth-order valence-corrected chi connectivity index (χ4v) is 4.80. The number of halogens is 2. The first-order valence-electron chi connectivity index (χ1n) is 8.79. The molecule has 0 unspecified atom stereocenters. The number of ether oxygens (including phenoxy) is 2. The average molecular weight is 379 g/mol. The summed E-state index contributed by atoms with van der Waals surface area (Å²) >= 11 is 1.50. The van der Waals surface area contributed by atoms with Gasteiger partial charge in [0.2, 0.25) is 0 Å². The Morgan fingerprint density at radius 2 is 2.04 bits per heavy atom. The molecule has 4 heterocycles. The van der Waals surface area contributed by atoms with Crippen molar-refractivity contribution in [3.8, 4) is 11.5 Å². The van der Waals surface area contributed by atoms with Crippen LogP contribution in [0.5, 0.6) is 11.5 Å². The van der Waals surface area contributed by atoms with Crippen molar-refractivity contribution in [2.45, 2.75) is 31.8 Å². The van der Waals surface area contributed by atoms with E-state index in [4.69, 9.17) is 0 Å². The minimum absolute atomic E-state index is 0.108. The van der Waals surface area contributed by atoms with Gasteiger partial charge in [0.1, 0.15) is 0 Å². The summed E-state index contributed by atoms with van der Waals surface area (Å²) in [6, 6.07) is 5.66. The molecular weight excluding hydrogens is 360 g/mol. The fourth-order valence-electron chi connectivity index (χ4n) is 4.27. The number of piperidine rings is 1. The monoisotopic (exact) mass is 379 g/mol. The lowest BCUT2D eigenvalue weighted by atomic mass is 9.82. The first kappa shape index (κ1) is 16.4. The van der Waals surface area contributed by atoms with Gasteiger partial charge in [-0.2, -0.15) is 0 Å². The normalized spacial score (nSPS) is 27.2. The van der Waals surface area contributed by atoms with Crippen molar-refractivity contribution in [1.82, 2.24) is 14.2 Å². The predicted octanol–water partition coefficient (Wildman–Crippen LogP) is 3.17. The quantitative estimate of drug-likeness (QED) is 0.816. The summed E-state index contributed by atoms with van der Waals surface area (Å²) in [6.07, 6.45) is -0.453. The van der Waals surface area contributed by atoms with Crippen LogP contribution in [0.2, 0.25) is 0 Å². The van der Waals surface area contributed by atoms with Crippen molar-refractivity contribution in [3.63, 3.8) is 0 Å². The third-order valence-electron chi connectivity index (χ3n) is 5.46. The SMILES string of the molecule is FC1(F)Oc2ccc(CN3C[C@@H]4CN(Cc5cnsc5)CC[C@@H]43)cc2O1. The van der Waals surface area contributed by atoms with Gasteiger partial charge in [-0.1, -0.05) is 6.07 Å². The number of fused-ring (bicyclic) bond motifs is 2. The van der Waals surface area contributed by atoms with Crippen LogP contribution in [0.3, 0.4) is 0 Å². The van der Waals surface area contributed by atoms with E-state index in [1.807, 2.05) is 12.3 Å². The van der Waals surface area contributed by atoms with Crippen molar-refractivity contribution < 1.29 is 18.3 Å². The Bertz CT molecular complexity index is 802. The molecule has 1 aromatic heterocycles. The van der Waals surface area contributed by atoms with Crippen LogP contribution >= 0.6 is 11.5 Å². The number of benzene rings is 1. The molecule has 2 fully saturated rings. The molecule has 2 atom stereocenters. The maximum Gasteiger partial charge on any atom is 0.586 e. The van der Waals surface area contributed by atoms with E-state index in [-0.39, 0.29) is 11.5 Å². The zero-order chi connectivity index (χ0) is 17.7. The van der Waals surface area contributed by atoms with Gasteiger partial charge >= 0.3 is 6.29 Å². The van der Waals surface area contributed by atoms with E-state index in [1.54, 1.807) is 12.1 Å². The second-order valence-electron chi connectivity index (χ2n) is 7.26. The Morgan fingerprint density at radius 1 is 1.15 bits per heavy atom. The van der Waals surface area contributed by atoms with E-state index in [9.17, 15) is 8.78 Å². The molecule has 2 aromatic rings. The molecule has 8 heteroatoms. The molecule has 0 saturated carbocycles. The molecule has 2 saturated heterocycles. The molecule has 0 bridgehead atoms. The topological polar surface area (TPSA) is 37.8 Å². The van der Waals surface area contributed by atoms with Gasteiger partial charge in [0.15, 0.2) is 11.5 Å². The van der Waals surface area contributed by atoms with Crippen LogP contribution < -0.4 is 9.47 Å². The second kappa shape index (κ2) is 6.14. The third-order valence-corrected chi connectivity index (χ3v) is 6.09. The molecule has 3 aliphatic heterocycles. The largest absolute Gasteiger partial charge is 0.586 e. The number of rotatable bonds is 4. The zero-order valence-electron chi connectivity index (χ0n) is 14.1. The predicted molar refractivity (Wildman–Crippen MR) is 92.3 cm³/mol. The van der Waals surface area contributed by atoms with Gasteiger partial charge < -0.3 is 9.47 Å². The standard InChI is InChI=1S/C18H19F2N3O2S/c19-18(20)24-16-2-1-12(5-17(16)25-18)8-23-10-14-9-22(4-3-15(14)23)7-13-6-21-26-11-13/h1-2,5-6,11,14-15H,3-4,7-10H2/t14-,15-/m0/s1. The zero-order valence-corrected chi connectivity index (χ0v) is 14.9. The molecule has 138 valence electrons. The highest BCUT2D eigenvalue weighted by molar-refractivity contribution is 7.03. The van der Waals surface area contributed by atoms with Gasteiger partial charge in [-0.05, 0) is 53.7 Å². The highest BCUT2D eigenvalue weighted by Crippen LogP contribution is 2.42. The molecule has 0 N–H and O–H groups in total. The van der Waals surface area contributed by atoms with Gasteiger partial charge in [0, 0.05) is 43.8 Å². The Kier molecular flexibility index (Phi) is 3.88. The van der Waals surface area contributed by atoms with Crippen LogP contribution in [0.15, 0.2) is 29.8 Å². The van der Waals surface area contributed by atoms with Crippen molar-refractivity contribution in [3.05, 3.63) is 40.9 Å². The van der Waals surface area contributed by atoms with E-state index in [1.165, 1.54) is 17.1 Å². The first-order valence-corrected chi connectivity index (χ1v) is 9.63. The number of likely N-dealkylation sites (tertiary alicyclic amines) is 2. The number of hydrogen-bond acceptors (Lipinski definition) is 6. The van der Waals surface area contributed by atoms with Gasteiger partial charge in [0.25, 0.3) is 0 Å². The molecule has 0 amide bonds. The third kappa shape index (κ3) is 3.06. The molecule has 1 aromatic carbocycles. The van der Waals surface area contributed by atoms with Crippen LogP contribution in [-0.2, 0) is 13.1 Å². The molecule has 0 spiro atoms. The number of aromatic nitrogens is 1. The van der Waals surface area contributed by atoms with E-state index >= 15 is 0 Å². The van der Waals surface area contributed by atoms with E-state index in [0.717, 1.165) is 44.7 Å². The van der Waals surface area contributed by atoms with Crippen LogP contribution in [-0.4, -0.2) is 46.1 Å². The smallest absolute Gasteiger partial charge is 0.395 e. The summed E-state index contributed by atoms with van der Waals surface area (Å²) in [5.41, 5.74) is 2.28. The summed E-state index contributed by atoms with van der Waals surface area (Å²) in [5.74, 6) is 0.925. The summed E-state index contributed by atoms with van der Waals surface area (Å²) in [4.78, 5) is 4.94. The fraction of sp³-hybridized carbons (Fsp3) is 0.500. The lowest BCUT2D eigenvalue weighted by Gasteiger charge is -2.53. The molecule has 5 nitrogen and oxygen atoms in total. The van der Waals surface area contributed by atoms with Crippen molar-refractivity contribution >= 4 is 11.5 Å². The molecule has 26 heavy (non-hydrogen) atoms. The minimum Gasteiger partial charge on any atom is -0.395 e. The Hall–Kier alpha value is -1.77. The van der Waals surface area contributed by atoms with Crippen LogP contribution in [0.25, 0.3) is 0 Å². The summed E-state index contributed by atoms with van der Waals surface area (Å²) in [6.45, 7) is 4.99. The summed E-state index contributed by atoms with van der Waals surface area (Å²) < 4.78 is 39.5. The van der Waals surface area contributed by atoms with Crippen molar-refractivity contribution in [1.29, 1.82) is 0 Å². The summed E-state index contributed by atoms with van der Waals surface area (Å²) in [5, 5.41) is 2.11. The van der Waals surface area contributed by atoms with Gasteiger partial charge in [-0.15, -0.1) is 8.78 Å². The Labute approximate surface area is 154 Å². The van der Waals surface area contributed by atoms with Crippen molar-refractivity contribution in [2.75, 3.05) is 19.6 Å². The Balaban J connectivity index is 1.18. The van der Waals surface area contributed by atoms with Gasteiger partial charge in [-0.3, -0.25) is 9.80 Å². The van der Waals surface area contributed by atoms with Crippen molar-refractivity contribution in [2.24, 2.45) is 5.92 Å². The molecule has 5 rings (SSSR count). The summed E-state index contributed by atoms with van der Waals surface area (Å²) in [7, 11) is 0. The van der Waals surface area contributed by atoms with Crippen LogP contribution in [0.4, 0.5) is 8.78 Å². The van der Waals surface area contributed by atoms with Gasteiger partial charge in [-0.25, -0.2) is 4.37 Å². The van der Waals surface area contributed by atoms with E-state index < -0.39 is 6.29 Å². The average Bonchev–Trinajstić information content (AvgIpc) is 3.18. The number of alkyl halides is 2. The minimum atomic E-state index is -3.55. The highest BCUT2D eigenvalue weighted by atomic mass is 32.1. The lowest BCUT2D eigenvalue weighted by Crippen LogP contribution is -2.62. The van der Waals surface area contributed by atoms with E-state index in [0.29, 0.717) is 12.0 Å². The molecular formula is C18H19F2N3O2S. The maximum atomic E-state index is 13.1. The maximum absolute atomic E-state index is 13.1. The Morgan fingerprint density at radius 3 is 2.85 bits per heavy atom. The second-order valence-corrected chi connectivity index (χ2v) is 7.92. The number of hydrogen-bond donors (Lipinski definition) is 0. The van der Waals surface area contributed by atoms with E-state index in [2.05, 4.69) is 29.0 Å².